The van der Waals surface area contributed by atoms with Gasteiger partial charge < -0.3 is 10.1 Å². The number of amides is 1. The molecule has 1 aromatic heterocycles. The Morgan fingerprint density at radius 2 is 1.89 bits per heavy atom. The number of hydrogen-bond donors (Lipinski definition) is 1. The Kier molecular flexibility index (Phi) is 4.90. The summed E-state index contributed by atoms with van der Waals surface area (Å²) in [6.07, 6.45) is 1.15. The van der Waals surface area contributed by atoms with Crippen molar-refractivity contribution in [1.82, 2.24) is 15.1 Å². The van der Waals surface area contributed by atoms with Crippen LogP contribution in [0.5, 0.6) is 5.75 Å². The smallest absolute Gasteiger partial charge is 0.251 e. The minimum Gasteiger partial charge on any atom is -0.490 e. The van der Waals surface area contributed by atoms with E-state index in [0.29, 0.717) is 18.7 Å². The van der Waals surface area contributed by atoms with E-state index >= 15 is 0 Å². The molecular weight excluding hydrogens is 350 g/mol. The summed E-state index contributed by atoms with van der Waals surface area (Å²) in [5.41, 5.74) is 6.24. The van der Waals surface area contributed by atoms with E-state index in [1.807, 2.05) is 54.9 Å². The summed E-state index contributed by atoms with van der Waals surface area (Å²) in [7, 11) is 0. The highest BCUT2D eigenvalue weighted by atomic mass is 16.5. The SMILES string of the molecule is Cc1cc(C)n(Cc2ccc(C(=O)NCc3ccc4c(c3)CC(C)O4)cc2)n1. The van der Waals surface area contributed by atoms with E-state index in [-0.39, 0.29) is 12.0 Å². The van der Waals surface area contributed by atoms with E-state index in [1.165, 1.54) is 5.56 Å². The van der Waals surface area contributed by atoms with Gasteiger partial charge in [0.2, 0.25) is 0 Å². The van der Waals surface area contributed by atoms with Gasteiger partial charge in [-0.25, -0.2) is 0 Å². The highest BCUT2D eigenvalue weighted by Gasteiger charge is 2.19. The average molecular weight is 375 g/mol. The number of hydrogen-bond acceptors (Lipinski definition) is 3. The first-order valence-corrected chi connectivity index (χ1v) is 9.64. The van der Waals surface area contributed by atoms with Crippen molar-refractivity contribution in [3.8, 4) is 5.75 Å². The third-order valence-electron chi connectivity index (χ3n) is 5.07. The molecule has 0 fully saturated rings. The van der Waals surface area contributed by atoms with Gasteiger partial charge in [-0.15, -0.1) is 0 Å². The van der Waals surface area contributed by atoms with Crippen molar-refractivity contribution in [2.24, 2.45) is 0 Å². The predicted octanol–water partition coefficient (Wildman–Crippen LogP) is 3.80. The maximum absolute atomic E-state index is 12.5. The second-order valence-electron chi connectivity index (χ2n) is 7.54. The van der Waals surface area contributed by atoms with Crippen molar-refractivity contribution in [2.45, 2.75) is 46.4 Å². The molecular formula is C23H25N3O2. The van der Waals surface area contributed by atoms with Crippen LogP contribution >= 0.6 is 0 Å². The summed E-state index contributed by atoms with van der Waals surface area (Å²) in [4.78, 5) is 12.5. The molecule has 1 aliphatic heterocycles. The number of aryl methyl sites for hydroxylation is 2. The molecule has 0 saturated carbocycles. The summed E-state index contributed by atoms with van der Waals surface area (Å²) in [5.74, 6) is 0.892. The normalized spacial score (nSPS) is 15.2. The molecule has 1 aliphatic rings. The lowest BCUT2D eigenvalue weighted by molar-refractivity contribution is 0.0951. The van der Waals surface area contributed by atoms with Crippen molar-refractivity contribution in [2.75, 3.05) is 0 Å². The fourth-order valence-electron chi connectivity index (χ4n) is 3.64. The third kappa shape index (κ3) is 3.93. The van der Waals surface area contributed by atoms with Crippen LogP contribution in [-0.2, 0) is 19.5 Å². The first-order valence-electron chi connectivity index (χ1n) is 9.64. The topological polar surface area (TPSA) is 56.2 Å². The van der Waals surface area contributed by atoms with Crippen LogP contribution in [0.15, 0.2) is 48.5 Å². The zero-order valence-electron chi connectivity index (χ0n) is 16.5. The van der Waals surface area contributed by atoms with Gasteiger partial charge >= 0.3 is 0 Å². The standard InChI is InChI=1S/C23H25N3O2/c1-15-10-16(2)26(25-15)14-18-4-7-20(8-5-18)23(27)24-13-19-6-9-22-21(12-19)11-17(3)28-22/h4-10,12,17H,11,13-14H2,1-3H3,(H,24,27). The van der Waals surface area contributed by atoms with Gasteiger partial charge in [0.05, 0.1) is 12.2 Å². The van der Waals surface area contributed by atoms with E-state index < -0.39 is 0 Å². The summed E-state index contributed by atoms with van der Waals surface area (Å²) in [6.45, 7) is 7.32. The van der Waals surface area contributed by atoms with E-state index in [4.69, 9.17) is 4.74 Å². The Bertz CT molecular complexity index is 1010. The molecule has 4 rings (SSSR count). The molecule has 5 nitrogen and oxygen atoms in total. The molecule has 0 bridgehead atoms. The number of carbonyl (C=O) groups excluding carboxylic acids is 1. The van der Waals surface area contributed by atoms with Crippen LogP contribution in [0.3, 0.4) is 0 Å². The van der Waals surface area contributed by atoms with Gasteiger partial charge in [0.25, 0.3) is 5.91 Å². The van der Waals surface area contributed by atoms with Crippen LogP contribution in [-0.4, -0.2) is 21.8 Å². The number of carbonyl (C=O) groups is 1. The second kappa shape index (κ2) is 7.50. The van der Waals surface area contributed by atoms with Crippen LogP contribution in [0, 0.1) is 13.8 Å². The number of nitrogens with zero attached hydrogens (tertiary/aromatic N) is 2. The van der Waals surface area contributed by atoms with Crippen LogP contribution in [0.4, 0.5) is 0 Å². The minimum atomic E-state index is -0.0669. The number of ether oxygens (including phenoxy) is 1. The van der Waals surface area contributed by atoms with Crippen LogP contribution in [0.2, 0.25) is 0 Å². The summed E-state index contributed by atoms with van der Waals surface area (Å²) in [5, 5.41) is 7.49. The Morgan fingerprint density at radius 3 is 2.61 bits per heavy atom. The van der Waals surface area contributed by atoms with Crippen molar-refractivity contribution in [3.63, 3.8) is 0 Å². The Labute approximate surface area is 165 Å². The molecule has 5 heteroatoms. The van der Waals surface area contributed by atoms with Gasteiger partial charge in [-0.05, 0) is 61.7 Å². The molecule has 2 heterocycles. The fourth-order valence-corrected chi connectivity index (χ4v) is 3.64. The fraction of sp³-hybridized carbons (Fsp3) is 0.304. The molecule has 144 valence electrons. The van der Waals surface area contributed by atoms with Crippen LogP contribution in [0.1, 0.15) is 45.4 Å². The van der Waals surface area contributed by atoms with E-state index in [9.17, 15) is 4.79 Å². The molecule has 2 aromatic carbocycles. The zero-order valence-corrected chi connectivity index (χ0v) is 16.5. The van der Waals surface area contributed by atoms with Crippen LogP contribution < -0.4 is 10.1 Å². The van der Waals surface area contributed by atoms with Crippen molar-refractivity contribution in [1.29, 1.82) is 0 Å². The number of fused-ring (bicyclic) bond motifs is 1. The predicted molar refractivity (Wildman–Crippen MR) is 109 cm³/mol. The molecule has 1 N–H and O–H groups in total. The lowest BCUT2D eigenvalue weighted by Gasteiger charge is -2.08. The molecule has 0 aliphatic carbocycles. The number of rotatable bonds is 5. The van der Waals surface area contributed by atoms with Gasteiger partial charge in [-0.1, -0.05) is 24.3 Å². The number of aromatic nitrogens is 2. The first-order chi connectivity index (χ1) is 13.5. The maximum Gasteiger partial charge on any atom is 0.251 e. The van der Waals surface area contributed by atoms with Gasteiger partial charge in [-0.2, -0.15) is 5.10 Å². The van der Waals surface area contributed by atoms with Gasteiger partial charge in [0.1, 0.15) is 11.9 Å². The molecule has 0 radical (unpaired) electrons. The highest BCUT2D eigenvalue weighted by Crippen LogP contribution is 2.29. The lowest BCUT2D eigenvalue weighted by atomic mass is 10.1. The van der Waals surface area contributed by atoms with Crippen molar-refractivity contribution < 1.29 is 9.53 Å². The number of nitrogens with one attached hydrogen (secondary N) is 1. The summed E-state index contributed by atoms with van der Waals surface area (Å²) < 4.78 is 7.70. The Balaban J connectivity index is 1.36. The Hall–Kier alpha value is -3.08. The van der Waals surface area contributed by atoms with E-state index in [2.05, 4.69) is 29.5 Å². The molecule has 0 saturated heterocycles. The van der Waals surface area contributed by atoms with Crippen molar-refractivity contribution in [3.05, 3.63) is 82.2 Å². The summed E-state index contributed by atoms with van der Waals surface area (Å²) >= 11 is 0. The molecule has 1 atom stereocenters. The molecule has 3 aromatic rings. The summed E-state index contributed by atoms with van der Waals surface area (Å²) in [6, 6.07) is 15.9. The van der Waals surface area contributed by atoms with Crippen molar-refractivity contribution >= 4 is 5.91 Å². The zero-order chi connectivity index (χ0) is 19.7. The number of benzene rings is 2. The van der Waals surface area contributed by atoms with Gasteiger partial charge in [0.15, 0.2) is 0 Å². The largest absolute Gasteiger partial charge is 0.490 e. The molecule has 1 unspecified atom stereocenters. The lowest BCUT2D eigenvalue weighted by Crippen LogP contribution is -2.22. The molecule has 1 amide bonds. The first kappa shape index (κ1) is 18.3. The van der Waals surface area contributed by atoms with Gasteiger partial charge in [0, 0.05) is 24.2 Å². The Morgan fingerprint density at radius 1 is 1.14 bits per heavy atom. The second-order valence-corrected chi connectivity index (χ2v) is 7.54. The van der Waals surface area contributed by atoms with E-state index in [1.54, 1.807) is 0 Å². The quantitative estimate of drug-likeness (QED) is 0.738. The molecule has 0 spiro atoms. The minimum absolute atomic E-state index is 0.0669. The van der Waals surface area contributed by atoms with Crippen LogP contribution in [0.25, 0.3) is 0 Å². The third-order valence-corrected chi connectivity index (χ3v) is 5.07. The molecule has 28 heavy (non-hydrogen) atoms. The van der Waals surface area contributed by atoms with Gasteiger partial charge in [-0.3, -0.25) is 9.48 Å². The average Bonchev–Trinajstić information content (AvgIpc) is 3.20. The monoisotopic (exact) mass is 375 g/mol. The maximum atomic E-state index is 12.5. The highest BCUT2D eigenvalue weighted by molar-refractivity contribution is 5.94. The van der Waals surface area contributed by atoms with E-state index in [0.717, 1.165) is 34.7 Å².